The molecule has 1 aromatic heterocycles. The van der Waals surface area contributed by atoms with E-state index in [2.05, 4.69) is 67.1 Å². The second-order valence-electron chi connectivity index (χ2n) is 15.8. The second-order valence-corrected chi connectivity index (χ2v) is 16.7. The van der Waals surface area contributed by atoms with Crippen molar-refractivity contribution in [2.75, 3.05) is 22.9 Å². The molecule has 4 nitrogen and oxygen atoms in total. The molecule has 0 saturated carbocycles. The van der Waals surface area contributed by atoms with Crippen molar-refractivity contribution in [3.05, 3.63) is 46.2 Å². The van der Waals surface area contributed by atoms with E-state index < -0.39 is 0 Å². The number of benzene rings is 1. The van der Waals surface area contributed by atoms with Crippen LogP contribution in [0.4, 0.5) is 11.4 Å². The number of carbonyl (C=O) groups excluding carboxylic acids is 2. The molecule has 2 aromatic rings. The summed E-state index contributed by atoms with van der Waals surface area (Å²) in [6.07, 6.45) is 30.4. The van der Waals surface area contributed by atoms with E-state index in [4.69, 9.17) is 0 Å². The zero-order valence-corrected chi connectivity index (χ0v) is 33.9. The van der Waals surface area contributed by atoms with E-state index in [1.807, 2.05) is 6.07 Å². The fourth-order valence-electron chi connectivity index (χ4n) is 8.46. The fraction of sp³-hybridized carbons (Fsp3) is 0.696. The minimum atomic E-state index is 0.0328. The number of amides is 2. The van der Waals surface area contributed by atoms with Gasteiger partial charge < -0.3 is 9.80 Å². The SMILES string of the molecule is CCCCCCCCC(CCCCCC)CN1C(=O)/C(=C2\C(=O)N(CC(CCCCCC)CCCCCCCC)c3ccsc32)c2ccccc21. The van der Waals surface area contributed by atoms with Crippen LogP contribution in [0.25, 0.3) is 11.1 Å². The van der Waals surface area contributed by atoms with Crippen LogP contribution in [0.3, 0.4) is 0 Å². The molecular formula is C46H72N2O2S. The summed E-state index contributed by atoms with van der Waals surface area (Å²) in [5, 5.41) is 2.12. The summed E-state index contributed by atoms with van der Waals surface area (Å²) in [4.78, 5) is 34.4. The first-order chi connectivity index (χ1) is 25.0. The molecule has 4 rings (SSSR count). The Hall–Kier alpha value is -2.40. The van der Waals surface area contributed by atoms with Crippen molar-refractivity contribution < 1.29 is 9.59 Å². The van der Waals surface area contributed by atoms with Gasteiger partial charge in [-0.05, 0) is 55.0 Å². The van der Waals surface area contributed by atoms with E-state index in [9.17, 15) is 9.59 Å². The highest BCUT2D eigenvalue weighted by Gasteiger charge is 2.43. The van der Waals surface area contributed by atoms with E-state index in [1.54, 1.807) is 11.3 Å². The molecule has 0 fully saturated rings. The van der Waals surface area contributed by atoms with Crippen molar-refractivity contribution in [3.63, 3.8) is 0 Å². The quantitative estimate of drug-likeness (QED) is 0.0650. The van der Waals surface area contributed by atoms with Crippen molar-refractivity contribution in [2.45, 2.75) is 182 Å². The van der Waals surface area contributed by atoms with Gasteiger partial charge in [-0.15, -0.1) is 11.3 Å². The van der Waals surface area contributed by atoms with Gasteiger partial charge in [-0.25, -0.2) is 0 Å². The zero-order valence-electron chi connectivity index (χ0n) is 33.1. The number of rotatable bonds is 28. The third-order valence-corrected chi connectivity index (χ3v) is 12.5. The molecule has 0 bridgehead atoms. The Morgan fingerprint density at radius 2 is 0.902 bits per heavy atom. The molecule has 5 heteroatoms. The monoisotopic (exact) mass is 717 g/mol. The van der Waals surface area contributed by atoms with Crippen LogP contribution in [0.1, 0.15) is 192 Å². The van der Waals surface area contributed by atoms with Crippen molar-refractivity contribution in [1.82, 2.24) is 0 Å². The Morgan fingerprint density at radius 1 is 0.490 bits per heavy atom. The van der Waals surface area contributed by atoms with E-state index in [0.29, 0.717) is 23.0 Å². The van der Waals surface area contributed by atoms with Gasteiger partial charge in [0, 0.05) is 18.7 Å². The maximum Gasteiger partial charge on any atom is 0.260 e. The molecule has 284 valence electrons. The largest absolute Gasteiger partial charge is 0.307 e. The van der Waals surface area contributed by atoms with Gasteiger partial charge in [0.2, 0.25) is 0 Å². The minimum Gasteiger partial charge on any atom is -0.307 e. The molecule has 2 aliphatic heterocycles. The molecule has 3 heterocycles. The highest BCUT2D eigenvalue weighted by atomic mass is 32.1. The number of carbonyl (C=O) groups is 2. The number of para-hydroxylation sites is 1. The molecule has 2 atom stereocenters. The summed E-state index contributed by atoms with van der Waals surface area (Å²) in [6.45, 7) is 10.6. The van der Waals surface area contributed by atoms with E-state index >= 15 is 0 Å². The Bertz CT molecular complexity index is 1340. The summed E-state index contributed by atoms with van der Waals surface area (Å²) in [5.41, 5.74) is 4.25. The van der Waals surface area contributed by atoms with Gasteiger partial charge in [-0.2, -0.15) is 0 Å². The first-order valence-corrected chi connectivity index (χ1v) is 22.5. The third-order valence-electron chi connectivity index (χ3n) is 11.5. The van der Waals surface area contributed by atoms with E-state index in [-0.39, 0.29) is 11.8 Å². The lowest BCUT2D eigenvalue weighted by atomic mass is 9.93. The third kappa shape index (κ3) is 12.1. The van der Waals surface area contributed by atoms with E-state index in [0.717, 1.165) is 34.9 Å². The molecule has 0 saturated heterocycles. The van der Waals surface area contributed by atoms with Crippen molar-refractivity contribution in [1.29, 1.82) is 0 Å². The minimum absolute atomic E-state index is 0.0328. The van der Waals surface area contributed by atoms with Crippen LogP contribution in [0.15, 0.2) is 35.7 Å². The Labute approximate surface area is 316 Å². The standard InChI is InChI=1S/C46H72N2O2S/c1-5-9-13-17-19-23-29-37(27-21-15-11-7-3)35-47-40-32-26-25-31-39(40)42(45(47)49)43-44-41(33-34-51-44)48(46(43)50)36-38(28-22-16-12-8-4)30-24-20-18-14-10-6-2/h25-26,31-34,37-38H,5-24,27-30,35-36H2,1-4H3/b43-42-. The lowest BCUT2D eigenvalue weighted by Gasteiger charge is -2.25. The normalized spacial score (nSPS) is 16.7. The Balaban J connectivity index is 1.54. The van der Waals surface area contributed by atoms with Crippen LogP contribution in [0.5, 0.6) is 0 Å². The van der Waals surface area contributed by atoms with Crippen molar-refractivity contribution in [3.8, 4) is 0 Å². The molecule has 0 spiro atoms. The number of thiophene rings is 1. The zero-order chi connectivity index (χ0) is 36.3. The number of fused-ring (bicyclic) bond motifs is 2. The number of hydrogen-bond donors (Lipinski definition) is 0. The van der Waals surface area contributed by atoms with Crippen molar-refractivity contribution in [2.24, 2.45) is 11.8 Å². The van der Waals surface area contributed by atoms with Gasteiger partial charge in [-0.1, -0.05) is 174 Å². The molecule has 0 radical (unpaired) electrons. The van der Waals surface area contributed by atoms with Crippen molar-refractivity contribution >= 4 is 45.7 Å². The predicted octanol–water partition coefficient (Wildman–Crippen LogP) is 14.0. The lowest BCUT2D eigenvalue weighted by molar-refractivity contribution is -0.114. The first kappa shape index (κ1) is 41.4. The fourth-order valence-corrected chi connectivity index (χ4v) is 9.40. The van der Waals surface area contributed by atoms with Crippen LogP contribution in [-0.4, -0.2) is 24.9 Å². The number of nitrogens with zero attached hydrogens (tertiary/aromatic N) is 2. The Morgan fingerprint density at radius 3 is 1.41 bits per heavy atom. The van der Waals surface area contributed by atoms with Gasteiger partial charge in [0.15, 0.2) is 0 Å². The molecule has 2 amide bonds. The predicted molar refractivity (Wildman–Crippen MR) is 223 cm³/mol. The van der Waals surface area contributed by atoms with Gasteiger partial charge in [0.05, 0.1) is 27.4 Å². The number of hydrogen-bond acceptors (Lipinski definition) is 3. The summed E-state index contributed by atoms with van der Waals surface area (Å²) in [6, 6.07) is 10.4. The van der Waals surface area contributed by atoms with Gasteiger partial charge >= 0.3 is 0 Å². The molecule has 1 aromatic carbocycles. The molecule has 51 heavy (non-hydrogen) atoms. The molecule has 0 N–H and O–H groups in total. The summed E-state index contributed by atoms with van der Waals surface area (Å²) < 4.78 is 0. The lowest BCUT2D eigenvalue weighted by Crippen LogP contribution is -2.34. The average Bonchev–Trinajstić information content (AvgIpc) is 3.79. The second kappa shape index (κ2) is 23.3. The van der Waals surface area contributed by atoms with Crippen LogP contribution in [-0.2, 0) is 9.59 Å². The first-order valence-electron chi connectivity index (χ1n) is 21.6. The topological polar surface area (TPSA) is 40.6 Å². The number of anilines is 2. The van der Waals surface area contributed by atoms with E-state index in [1.165, 1.54) is 154 Å². The smallest absolute Gasteiger partial charge is 0.260 e. The molecule has 0 aliphatic carbocycles. The maximum absolute atomic E-state index is 14.7. The summed E-state index contributed by atoms with van der Waals surface area (Å²) in [5.74, 6) is 1.05. The summed E-state index contributed by atoms with van der Waals surface area (Å²) >= 11 is 1.63. The maximum atomic E-state index is 14.7. The molecule has 2 aliphatic rings. The van der Waals surface area contributed by atoms with Gasteiger partial charge in [0.25, 0.3) is 11.8 Å². The Kier molecular flexibility index (Phi) is 18.9. The molecular weight excluding hydrogens is 645 g/mol. The average molecular weight is 717 g/mol. The van der Waals surface area contributed by atoms with Gasteiger partial charge in [-0.3, -0.25) is 9.59 Å². The number of unbranched alkanes of at least 4 members (excludes halogenated alkanes) is 16. The molecule has 2 unspecified atom stereocenters. The summed E-state index contributed by atoms with van der Waals surface area (Å²) in [7, 11) is 0. The van der Waals surface area contributed by atoms with Crippen LogP contribution >= 0.6 is 11.3 Å². The van der Waals surface area contributed by atoms with Crippen LogP contribution < -0.4 is 9.80 Å². The highest BCUT2D eigenvalue weighted by Crippen LogP contribution is 2.49. The highest BCUT2D eigenvalue weighted by molar-refractivity contribution is 7.12. The van der Waals surface area contributed by atoms with Gasteiger partial charge in [0.1, 0.15) is 0 Å². The van der Waals surface area contributed by atoms with Crippen LogP contribution in [0, 0.1) is 11.8 Å². The van der Waals surface area contributed by atoms with Crippen LogP contribution in [0.2, 0.25) is 0 Å².